The lowest BCUT2D eigenvalue weighted by Crippen LogP contribution is -2.55. The van der Waals surface area contributed by atoms with Crippen molar-refractivity contribution in [2.24, 2.45) is 5.92 Å². The third kappa shape index (κ3) is 4.89. The van der Waals surface area contributed by atoms with E-state index in [0.29, 0.717) is 39.1 Å². The van der Waals surface area contributed by atoms with Crippen LogP contribution in [0.15, 0.2) is 30.7 Å². The number of hydrogen-bond acceptors (Lipinski definition) is 4. The number of hydrogen-bond donors (Lipinski definition) is 1. The molecule has 1 unspecified atom stereocenters. The summed E-state index contributed by atoms with van der Waals surface area (Å²) in [6, 6.07) is 3.46. The molecule has 3 amide bonds. The summed E-state index contributed by atoms with van der Waals surface area (Å²) < 4.78 is 2.05. The molecule has 2 aromatic rings. The molecule has 1 N–H and O–H groups in total. The molecule has 2 fully saturated rings. The molecule has 4 rings (SSSR count). The van der Waals surface area contributed by atoms with Crippen LogP contribution in [-0.2, 0) is 20.9 Å². The second-order valence-corrected chi connectivity index (χ2v) is 8.61. The molecular weight excluding hydrogens is 394 g/mol. The number of nitrogens with one attached hydrogen (secondary N) is 1. The van der Waals surface area contributed by atoms with Crippen LogP contribution in [0, 0.1) is 5.92 Å². The Balaban J connectivity index is 1.22. The fourth-order valence-corrected chi connectivity index (χ4v) is 4.63. The Hall–Kier alpha value is -2.90. The van der Waals surface area contributed by atoms with Crippen molar-refractivity contribution in [3.8, 4) is 0 Å². The van der Waals surface area contributed by atoms with Gasteiger partial charge in [-0.1, -0.05) is 12.8 Å². The standard InChI is InChI=1S/C23H31N5O3/c1-17(25-22(30)19-4-2-3-5-19)23(31)28-14-12-27(13-15-28)21(29)8-11-26-10-7-18-6-9-24-16-20(18)26/h6-7,9-10,16-17,19H,2-5,8,11-15H2,1H3,(H,25,30). The number of amides is 3. The summed E-state index contributed by atoms with van der Waals surface area (Å²) in [7, 11) is 0. The van der Waals surface area contributed by atoms with E-state index in [1.807, 2.05) is 29.4 Å². The van der Waals surface area contributed by atoms with Crippen LogP contribution < -0.4 is 5.32 Å². The van der Waals surface area contributed by atoms with Gasteiger partial charge in [0.05, 0.1) is 11.7 Å². The van der Waals surface area contributed by atoms with Gasteiger partial charge >= 0.3 is 0 Å². The number of rotatable bonds is 6. The van der Waals surface area contributed by atoms with Gasteiger partial charge in [-0.3, -0.25) is 19.4 Å². The minimum absolute atomic E-state index is 0.0000929. The van der Waals surface area contributed by atoms with Gasteiger partial charge in [-0.15, -0.1) is 0 Å². The van der Waals surface area contributed by atoms with Crippen LogP contribution in [0.1, 0.15) is 39.0 Å². The lowest BCUT2D eigenvalue weighted by molar-refractivity contribution is -0.142. The van der Waals surface area contributed by atoms with E-state index in [1.165, 1.54) is 0 Å². The van der Waals surface area contributed by atoms with Gasteiger partial charge in [0, 0.05) is 62.8 Å². The first-order valence-electron chi connectivity index (χ1n) is 11.3. The third-order valence-corrected chi connectivity index (χ3v) is 6.54. The topological polar surface area (TPSA) is 87.5 Å². The van der Waals surface area contributed by atoms with Gasteiger partial charge in [-0.2, -0.15) is 0 Å². The maximum absolute atomic E-state index is 12.7. The summed E-state index contributed by atoms with van der Waals surface area (Å²) in [4.78, 5) is 45.4. The van der Waals surface area contributed by atoms with E-state index < -0.39 is 6.04 Å². The van der Waals surface area contributed by atoms with Crippen molar-refractivity contribution in [2.45, 2.75) is 51.6 Å². The number of carbonyl (C=O) groups is 3. The first-order chi connectivity index (χ1) is 15.0. The molecular formula is C23H31N5O3. The highest BCUT2D eigenvalue weighted by Gasteiger charge is 2.30. The average Bonchev–Trinajstić information content (AvgIpc) is 3.47. The summed E-state index contributed by atoms with van der Waals surface area (Å²) in [6.07, 6.45) is 10.0. The minimum atomic E-state index is -0.522. The first-order valence-corrected chi connectivity index (χ1v) is 11.3. The zero-order valence-corrected chi connectivity index (χ0v) is 18.1. The molecule has 1 saturated heterocycles. The smallest absolute Gasteiger partial charge is 0.244 e. The highest BCUT2D eigenvalue weighted by atomic mass is 16.2. The van der Waals surface area contributed by atoms with Crippen molar-refractivity contribution in [1.29, 1.82) is 0 Å². The molecule has 0 aromatic carbocycles. The maximum Gasteiger partial charge on any atom is 0.244 e. The molecule has 1 atom stereocenters. The second kappa shape index (κ2) is 9.49. The van der Waals surface area contributed by atoms with E-state index in [0.717, 1.165) is 36.6 Å². The summed E-state index contributed by atoms with van der Waals surface area (Å²) in [5.41, 5.74) is 1.03. The lowest BCUT2D eigenvalue weighted by atomic mass is 10.1. The molecule has 1 aliphatic carbocycles. The van der Waals surface area contributed by atoms with E-state index in [1.54, 1.807) is 18.0 Å². The Labute approximate surface area is 182 Å². The van der Waals surface area contributed by atoms with Crippen molar-refractivity contribution in [3.05, 3.63) is 30.7 Å². The first kappa shape index (κ1) is 21.3. The van der Waals surface area contributed by atoms with E-state index in [-0.39, 0.29) is 23.6 Å². The molecule has 8 heteroatoms. The fourth-order valence-electron chi connectivity index (χ4n) is 4.63. The van der Waals surface area contributed by atoms with Crippen LogP contribution in [0.3, 0.4) is 0 Å². The molecule has 166 valence electrons. The van der Waals surface area contributed by atoms with Gasteiger partial charge in [0.1, 0.15) is 6.04 Å². The third-order valence-electron chi connectivity index (χ3n) is 6.54. The zero-order chi connectivity index (χ0) is 21.8. The SMILES string of the molecule is CC(NC(=O)C1CCCC1)C(=O)N1CCN(C(=O)CCn2ccc3ccncc32)CC1. The number of aryl methyl sites for hydroxylation is 1. The lowest BCUT2D eigenvalue weighted by Gasteiger charge is -2.36. The normalized spacial score (nSPS) is 18.4. The molecule has 0 radical (unpaired) electrons. The Morgan fingerprint density at radius 3 is 2.55 bits per heavy atom. The molecule has 31 heavy (non-hydrogen) atoms. The van der Waals surface area contributed by atoms with Gasteiger partial charge in [0.15, 0.2) is 0 Å². The van der Waals surface area contributed by atoms with Crippen LogP contribution in [0.5, 0.6) is 0 Å². The van der Waals surface area contributed by atoms with Crippen molar-refractivity contribution in [1.82, 2.24) is 24.7 Å². The largest absolute Gasteiger partial charge is 0.346 e. The number of fused-ring (bicyclic) bond motifs is 1. The summed E-state index contributed by atoms with van der Waals surface area (Å²) >= 11 is 0. The number of nitrogens with zero attached hydrogens (tertiary/aromatic N) is 4. The average molecular weight is 426 g/mol. The maximum atomic E-state index is 12.7. The molecule has 0 bridgehead atoms. The summed E-state index contributed by atoms with van der Waals surface area (Å²) in [6.45, 7) is 4.43. The van der Waals surface area contributed by atoms with Crippen molar-refractivity contribution in [3.63, 3.8) is 0 Å². The van der Waals surface area contributed by atoms with Gasteiger partial charge in [-0.25, -0.2) is 0 Å². The molecule has 1 aliphatic heterocycles. The quantitative estimate of drug-likeness (QED) is 0.764. The highest BCUT2D eigenvalue weighted by molar-refractivity contribution is 5.88. The van der Waals surface area contributed by atoms with Gasteiger partial charge in [-0.05, 0) is 31.9 Å². The molecule has 1 saturated carbocycles. The number of piperazine rings is 1. The van der Waals surface area contributed by atoms with Crippen LogP contribution in [0.4, 0.5) is 0 Å². The molecule has 3 heterocycles. The van der Waals surface area contributed by atoms with E-state index in [9.17, 15) is 14.4 Å². The van der Waals surface area contributed by atoms with Crippen LogP contribution in [0.2, 0.25) is 0 Å². The predicted molar refractivity (Wildman–Crippen MR) is 117 cm³/mol. The Kier molecular flexibility index (Phi) is 6.53. The van der Waals surface area contributed by atoms with Crippen LogP contribution in [0.25, 0.3) is 10.9 Å². The monoisotopic (exact) mass is 425 g/mol. The van der Waals surface area contributed by atoms with Crippen molar-refractivity contribution < 1.29 is 14.4 Å². The van der Waals surface area contributed by atoms with Gasteiger partial charge < -0.3 is 19.7 Å². The predicted octanol–water partition coefficient (Wildman–Crippen LogP) is 1.79. The zero-order valence-electron chi connectivity index (χ0n) is 18.1. The van der Waals surface area contributed by atoms with Crippen molar-refractivity contribution in [2.75, 3.05) is 26.2 Å². The van der Waals surface area contributed by atoms with Gasteiger partial charge in [0.2, 0.25) is 17.7 Å². The molecule has 2 aromatic heterocycles. The Morgan fingerprint density at radius 1 is 1.10 bits per heavy atom. The Morgan fingerprint density at radius 2 is 1.81 bits per heavy atom. The second-order valence-electron chi connectivity index (χ2n) is 8.61. The van der Waals surface area contributed by atoms with Crippen molar-refractivity contribution >= 4 is 28.6 Å². The Bertz CT molecular complexity index is 942. The minimum Gasteiger partial charge on any atom is -0.346 e. The van der Waals surface area contributed by atoms with Gasteiger partial charge in [0.25, 0.3) is 0 Å². The number of aromatic nitrogens is 2. The number of pyridine rings is 1. The van der Waals surface area contributed by atoms with Crippen LogP contribution >= 0.6 is 0 Å². The van der Waals surface area contributed by atoms with Crippen LogP contribution in [-0.4, -0.2) is 69.3 Å². The van der Waals surface area contributed by atoms with E-state index in [4.69, 9.17) is 0 Å². The molecule has 8 nitrogen and oxygen atoms in total. The van der Waals surface area contributed by atoms with E-state index >= 15 is 0 Å². The summed E-state index contributed by atoms with van der Waals surface area (Å²) in [5.74, 6) is 0.0861. The van der Waals surface area contributed by atoms with E-state index in [2.05, 4.69) is 14.9 Å². The fraction of sp³-hybridized carbons (Fsp3) is 0.565. The summed E-state index contributed by atoms with van der Waals surface area (Å²) in [5, 5.41) is 4.00. The molecule has 2 aliphatic rings. The molecule has 0 spiro atoms. The highest BCUT2D eigenvalue weighted by Crippen LogP contribution is 2.24. The number of carbonyl (C=O) groups excluding carboxylic acids is 3.